The Labute approximate surface area is 125 Å². The number of ether oxygens (including phenoxy) is 1. The molecule has 1 unspecified atom stereocenters. The van der Waals surface area contributed by atoms with Crippen LogP contribution in [0.15, 0.2) is 17.8 Å². The quantitative estimate of drug-likeness (QED) is 0.813. The maximum absolute atomic E-state index is 5.57. The third kappa shape index (κ3) is 4.04. The SMILES string of the molecule is CCCNC(Cc1cn2ccsc2n1)CC(C)(C)OC. The molecule has 112 valence electrons. The highest BCUT2D eigenvalue weighted by Gasteiger charge is 2.23. The highest BCUT2D eigenvalue weighted by atomic mass is 32.1. The monoisotopic (exact) mass is 295 g/mol. The highest BCUT2D eigenvalue weighted by Crippen LogP contribution is 2.19. The summed E-state index contributed by atoms with van der Waals surface area (Å²) >= 11 is 1.68. The molecule has 0 saturated carbocycles. The fourth-order valence-corrected chi connectivity index (χ4v) is 3.09. The van der Waals surface area contributed by atoms with Gasteiger partial charge in [0, 0.05) is 37.3 Å². The van der Waals surface area contributed by atoms with Crippen molar-refractivity contribution in [3.05, 3.63) is 23.5 Å². The van der Waals surface area contributed by atoms with Crippen LogP contribution in [0.2, 0.25) is 0 Å². The van der Waals surface area contributed by atoms with Gasteiger partial charge in [-0.3, -0.25) is 4.40 Å². The number of thiazole rings is 1. The van der Waals surface area contributed by atoms with Crippen molar-refractivity contribution in [3.8, 4) is 0 Å². The van der Waals surface area contributed by atoms with E-state index in [1.807, 2.05) is 0 Å². The van der Waals surface area contributed by atoms with E-state index < -0.39 is 0 Å². The Kier molecular flexibility index (Phi) is 5.18. The molecule has 0 aliphatic rings. The van der Waals surface area contributed by atoms with Crippen molar-refractivity contribution in [2.75, 3.05) is 13.7 Å². The molecular weight excluding hydrogens is 270 g/mol. The standard InChI is InChI=1S/C15H25N3OS/c1-5-6-16-12(10-15(2,3)19-4)9-13-11-18-7-8-20-14(18)17-13/h7-8,11-12,16H,5-6,9-10H2,1-4H3. The third-order valence-electron chi connectivity index (χ3n) is 3.57. The molecule has 5 heteroatoms. The summed E-state index contributed by atoms with van der Waals surface area (Å²) in [6.45, 7) is 7.50. The summed E-state index contributed by atoms with van der Waals surface area (Å²) < 4.78 is 7.66. The van der Waals surface area contributed by atoms with Gasteiger partial charge in [0.1, 0.15) is 0 Å². The number of hydrogen-bond donors (Lipinski definition) is 1. The molecule has 1 atom stereocenters. The van der Waals surface area contributed by atoms with Crippen LogP contribution in [-0.2, 0) is 11.2 Å². The van der Waals surface area contributed by atoms with Crippen LogP contribution in [0.5, 0.6) is 0 Å². The number of methoxy groups -OCH3 is 1. The minimum Gasteiger partial charge on any atom is -0.379 e. The molecule has 0 amide bonds. The summed E-state index contributed by atoms with van der Waals surface area (Å²) in [6, 6.07) is 0.398. The van der Waals surface area contributed by atoms with Crippen LogP contribution in [-0.4, -0.2) is 34.7 Å². The Morgan fingerprint density at radius 1 is 1.50 bits per heavy atom. The average Bonchev–Trinajstić information content (AvgIpc) is 2.96. The summed E-state index contributed by atoms with van der Waals surface area (Å²) in [5.41, 5.74) is 1.04. The van der Waals surface area contributed by atoms with Crippen LogP contribution in [0.1, 0.15) is 39.3 Å². The third-order valence-corrected chi connectivity index (χ3v) is 4.34. The van der Waals surface area contributed by atoms with E-state index in [1.54, 1.807) is 18.4 Å². The molecule has 1 N–H and O–H groups in total. The lowest BCUT2D eigenvalue weighted by Gasteiger charge is -2.29. The molecule has 0 aliphatic heterocycles. The van der Waals surface area contributed by atoms with Crippen molar-refractivity contribution in [3.63, 3.8) is 0 Å². The first-order chi connectivity index (χ1) is 9.54. The molecule has 2 aromatic rings. The Balaban J connectivity index is 2.04. The number of hydrogen-bond acceptors (Lipinski definition) is 4. The first-order valence-electron chi connectivity index (χ1n) is 7.23. The van der Waals surface area contributed by atoms with Gasteiger partial charge >= 0.3 is 0 Å². The fourth-order valence-electron chi connectivity index (χ4n) is 2.37. The summed E-state index contributed by atoms with van der Waals surface area (Å²) in [5, 5.41) is 5.68. The minimum absolute atomic E-state index is 0.109. The van der Waals surface area contributed by atoms with E-state index in [2.05, 4.69) is 53.2 Å². The van der Waals surface area contributed by atoms with E-state index in [9.17, 15) is 0 Å². The normalized spacial score (nSPS) is 14.0. The maximum Gasteiger partial charge on any atom is 0.193 e. The molecule has 0 bridgehead atoms. The fraction of sp³-hybridized carbons (Fsp3) is 0.667. The van der Waals surface area contributed by atoms with E-state index >= 15 is 0 Å². The predicted molar refractivity (Wildman–Crippen MR) is 84.6 cm³/mol. The van der Waals surface area contributed by atoms with Crippen LogP contribution < -0.4 is 5.32 Å². The average molecular weight is 295 g/mol. The van der Waals surface area contributed by atoms with Crippen LogP contribution >= 0.6 is 11.3 Å². The van der Waals surface area contributed by atoms with E-state index in [-0.39, 0.29) is 5.60 Å². The summed E-state index contributed by atoms with van der Waals surface area (Å²) in [4.78, 5) is 5.75. The van der Waals surface area contributed by atoms with Gasteiger partial charge in [0.25, 0.3) is 0 Å². The van der Waals surface area contributed by atoms with Gasteiger partial charge in [0.2, 0.25) is 0 Å². The maximum atomic E-state index is 5.57. The Morgan fingerprint density at radius 2 is 2.30 bits per heavy atom. The summed E-state index contributed by atoms with van der Waals surface area (Å²) in [5.74, 6) is 0. The van der Waals surface area contributed by atoms with Gasteiger partial charge in [-0.1, -0.05) is 6.92 Å². The van der Waals surface area contributed by atoms with Gasteiger partial charge in [0.05, 0.1) is 11.3 Å². The Morgan fingerprint density at radius 3 is 2.95 bits per heavy atom. The van der Waals surface area contributed by atoms with Crippen LogP contribution in [0.25, 0.3) is 4.96 Å². The summed E-state index contributed by atoms with van der Waals surface area (Å²) in [6.07, 6.45) is 7.26. The molecule has 2 heterocycles. The number of aromatic nitrogens is 2. The topological polar surface area (TPSA) is 38.6 Å². The van der Waals surface area contributed by atoms with E-state index in [0.29, 0.717) is 6.04 Å². The number of rotatable bonds is 8. The molecule has 4 nitrogen and oxygen atoms in total. The van der Waals surface area contributed by atoms with Crippen LogP contribution in [0, 0.1) is 0 Å². The molecule has 0 aromatic carbocycles. The lowest BCUT2D eigenvalue weighted by molar-refractivity contribution is 0.00708. The van der Waals surface area contributed by atoms with Crippen molar-refractivity contribution in [1.82, 2.24) is 14.7 Å². The van der Waals surface area contributed by atoms with Crippen molar-refractivity contribution in [2.24, 2.45) is 0 Å². The van der Waals surface area contributed by atoms with Crippen molar-refractivity contribution >= 4 is 16.3 Å². The Bertz CT molecular complexity index is 503. The van der Waals surface area contributed by atoms with E-state index in [1.165, 1.54) is 0 Å². The van der Waals surface area contributed by atoms with Crippen molar-refractivity contribution in [2.45, 2.75) is 51.7 Å². The molecule has 0 fully saturated rings. The first kappa shape index (κ1) is 15.5. The minimum atomic E-state index is -0.109. The van der Waals surface area contributed by atoms with Gasteiger partial charge in [0.15, 0.2) is 4.96 Å². The second-order valence-corrected chi connectivity index (χ2v) is 6.72. The zero-order valence-corrected chi connectivity index (χ0v) is 13.7. The second kappa shape index (κ2) is 6.70. The lowest BCUT2D eigenvalue weighted by Crippen LogP contribution is -2.39. The van der Waals surface area contributed by atoms with E-state index in [4.69, 9.17) is 4.74 Å². The predicted octanol–water partition coefficient (Wildman–Crippen LogP) is 3.12. The second-order valence-electron chi connectivity index (χ2n) is 5.85. The molecule has 0 aliphatic carbocycles. The van der Waals surface area contributed by atoms with Crippen molar-refractivity contribution in [1.29, 1.82) is 0 Å². The van der Waals surface area contributed by atoms with Gasteiger partial charge in [-0.15, -0.1) is 11.3 Å². The molecule has 0 saturated heterocycles. The molecule has 2 aromatic heterocycles. The smallest absolute Gasteiger partial charge is 0.193 e. The molecule has 2 rings (SSSR count). The molecule has 0 spiro atoms. The number of imidazole rings is 1. The molecular formula is C15H25N3OS. The number of nitrogens with zero attached hydrogens (tertiary/aromatic N) is 2. The summed E-state index contributed by atoms with van der Waals surface area (Å²) in [7, 11) is 1.78. The van der Waals surface area contributed by atoms with E-state index in [0.717, 1.165) is 36.5 Å². The van der Waals surface area contributed by atoms with Crippen molar-refractivity contribution < 1.29 is 4.74 Å². The lowest BCUT2D eigenvalue weighted by atomic mass is 9.95. The van der Waals surface area contributed by atoms with Gasteiger partial charge in [-0.25, -0.2) is 4.98 Å². The zero-order chi connectivity index (χ0) is 14.6. The number of nitrogens with one attached hydrogen (secondary N) is 1. The molecule has 20 heavy (non-hydrogen) atoms. The molecule has 0 radical (unpaired) electrons. The zero-order valence-electron chi connectivity index (χ0n) is 12.8. The number of fused-ring (bicyclic) bond motifs is 1. The first-order valence-corrected chi connectivity index (χ1v) is 8.11. The van der Waals surface area contributed by atoms with Crippen LogP contribution in [0.4, 0.5) is 0 Å². The van der Waals surface area contributed by atoms with Gasteiger partial charge in [-0.2, -0.15) is 0 Å². The van der Waals surface area contributed by atoms with Gasteiger partial charge < -0.3 is 10.1 Å². The largest absolute Gasteiger partial charge is 0.379 e. The highest BCUT2D eigenvalue weighted by molar-refractivity contribution is 7.15. The van der Waals surface area contributed by atoms with Crippen LogP contribution in [0.3, 0.4) is 0 Å². The van der Waals surface area contributed by atoms with Gasteiger partial charge in [-0.05, 0) is 33.2 Å². The Hall–Kier alpha value is -0.910.